The number of amides is 1. The van der Waals surface area contributed by atoms with Crippen LogP contribution in [-0.4, -0.2) is 51.4 Å². The maximum atomic E-state index is 14.3. The van der Waals surface area contributed by atoms with Gasteiger partial charge in [0.15, 0.2) is 0 Å². The Morgan fingerprint density at radius 3 is 2.77 bits per heavy atom. The highest BCUT2D eigenvalue weighted by Crippen LogP contribution is 2.50. The van der Waals surface area contributed by atoms with Crippen molar-refractivity contribution in [1.29, 1.82) is 0 Å². The van der Waals surface area contributed by atoms with E-state index in [1.54, 1.807) is 6.07 Å². The SMILES string of the molecule is CC(C)n1cnc([C@@H]2CN(Cc3ccccc3F)C[C@]23CCN(CC2CC2)C3=O)c1. The van der Waals surface area contributed by atoms with Crippen LogP contribution in [0.5, 0.6) is 0 Å². The highest BCUT2D eigenvalue weighted by atomic mass is 19.1. The van der Waals surface area contributed by atoms with Crippen LogP contribution in [0.15, 0.2) is 36.8 Å². The average molecular weight is 411 g/mol. The third kappa shape index (κ3) is 3.45. The van der Waals surface area contributed by atoms with E-state index in [4.69, 9.17) is 4.98 Å². The van der Waals surface area contributed by atoms with Gasteiger partial charge in [-0.15, -0.1) is 0 Å². The van der Waals surface area contributed by atoms with Crippen LogP contribution in [0.3, 0.4) is 0 Å². The first-order chi connectivity index (χ1) is 14.5. The van der Waals surface area contributed by atoms with Crippen LogP contribution in [0, 0.1) is 17.2 Å². The number of likely N-dealkylation sites (tertiary alicyclic amines) is 2. The third-order valence-electron chi connectivity index (χ3n) is 7.26. The third-order valence-corrected chi connectivity index (χ3v) is 7.26. The first kappa shape index (κ1) is 19.7. The van der Waals surface area contributed by atoms with Gasteiger partial charge in [-0.1, -0.05) is 18.2 Å². The second-order valence-electron chi connectivity index (χ2n) is 9.75. The average Bonchev–Trinajstić information content (AvgIpc) is 3.15. The number of hydrogen-bond donors (Lipinski definition) is 0. The van der Waals surface area contributed by atoms with E-state index < -0.39 is 5.41 Å². The molecule has 0 radical (unpaired) electrons. The van der Waals surface area contributed by atoms with E-state index in [0.29, 0.717) is 30.6 Å². The van der Waals surface area contributed by atoms with Gasteiger partial charge in [-0.25, -0.2) is 9.37 Å². The molecular formula is C24H31FN4O. The number of carbonyl (C=O) groups is 1. The molecule has 3 aliphatic rings. The number of nitrogens with zero attached hydrogens (tertiary/aromatic N) is 4. The topological polar surface area (TPSA) is 41.4 Å². The molecule has 2 atom stereocenters. The summed E-state index contributed by atoms with van der Waals surface area (Å²) < 4.78 is 16.4. The van der Waals surface area contributed by atoms with Crippen LogP contribution in [0.1, 0.15) is 56.3 Å². The number of hydrogen-bond acceptors (Lipinski definition) is 3. The maximum Gasteiger partial charge on any atom is 0.230 e. The molecule has 160 valence electrons. The van der Waals surface area contributed by atoms with Crippen molar-refractivity contribution in [1.82, 2.24) is 19.4 Å². The van der Waals surface area contributed by atoms with Crippen molar-refractivity contribution >= 4 is 5.91 Å². The van der Waals surface area contributed by atoms with Crippen LogP contribution in [-0.2, 0) is 11.3 Å². The van der Waals surface area contributed by atoms with Gasteiger partial charge < -0.3 is 9.47 Å². The van der Waals surface area contributed by atoms with Gasteiger partial charge >= 0.3 is 0 Å². The van der Waals surface area contributed by atoms with E-state index in [9.17, 15) is 9.18 Å². The van der Waals surface area contributed by atoms with E-state index in [0.717, 1.165) is 31.7 Å². The number of imidazole rings is 1. The van der Waals surface area contributed by atoms with E-state index in [1.165, 1.54) is 18.9 Å². The van der Waals surface area contributed by atoms with Crippen LogP contribution in [0.4, 0.5) is 4.39 Å². The van der Waals surface area contributed by atoms with Crippen molar-refractivity contribution in [3.05, 3.63) is 53.9 Å². The monoisotopic (exact) mass is 410 g/mol. The molecule has 30 heavy (non-hydrogen) atoms. The van der Waals surface area contributed by atoms with E-state index in [2.05, 4.69) is 34.4 Å². The number of benzene rings is 1. The Bertz CT molecular complexity index is 937. The van der Waals surface area contributed by atoms with Gasteiger partial charge in [0, 0.05) is 56.4 Å². The minimum atomic E-state index is -0.434. The van der Waals surface area contributed by atoms with Crippen LogP contribution in [0.2, 0.25) is 0 Å². The molecule has 0 unspecified atom stereocenters. The standard InChI is InChI=1S/C24H31FN4O/c1-17(2)29-14-22(26-16-29)20-13-27(12-19-5-3-4-6-21(19)25)15-24(20)9-10-28(23(24)30)11-18-7-8-18/h3-6,14,16-18,20H,7-13,15H2,1-2H3/t20-,24+/m0/s1. The van der Waals surface area contributed by atoms with Gasteiger partial charge in [0.25, 0.3) is 0 Å². The van der Waals surface area contributed by atoms with Gasteiger partial charge in [-0.2, -0.15) is 0 Å². The smallest absolute Gasteiger partial charge is 0.230 e. The fraction of sp³-hybridized carbons (Fsp3) is 0.583. The molecule has 5 rings (SSSR count). The Morgan fingerprint density at radius 2 is 2.07 bits per heavy atom. The summed E-state index contributed by atoms with van der Waals surface area (Å²) in [7, 11) is 0. The zero-order chi connectivity index (χ0) is 20.9. The number of carbonyl (C=O) groups excluding carboxylic acids is 1. The summed E-state index contributed by atoms with van der Waals surface area (Å²) in [6, 6.07) is 7.30. The van der Waals surface area contributed by atoms with Crippen molar-refractivity contribution in [2.45, 2.75) is 51.6 Å². The molecule has 1 aromatic carbocycles. The van der Waals surface area contributed by atoms with Gasteiger partial charge in [0.2, 0.25) is 5.91 Å². The lowest BCUT2D eigenvalue weighted by Gasteiger charge is -2.28. The van der Waals surface area contributed by atoms with Crippen LogP contribution >= 0.6 is 0 Å². The minimum Gasteiger partial charge on any atom is -0.342 e. The summed E-state index contributed by atoms with van der Waals surface area (Å²) in [6.45, 7) is 7.97. The fourth-order valence-corrected chi connectivity index (χ4v) is 5.30. The predicted molar refractivity (Wildman–Crippen MR) is 113 cm³/mol. The fourth-order valence-electron chi connectivity index (χ4n) is 5.30. The summed E-state index contributed by atoms with van der Waals surface area (Å²) in [6.07, 6.45) is 7.36. The zero-order valence-electron chi connectivity index (χ0n) is 17.9. The molecule has 1 aliphatic carbocycles. The molecular weight excluding hydrogens is 379 g/mol. The molecule has 6 heteroatoms. The Labute approximate surface area is 177 Å². The zero-order valence-corrected chi connectivity index (χ0v) is 17.9. The molecule has 5 nitrogen and oxygen atoms in total. The molecule has 2 aromatic rings. The van der Waals surface area contributed by atoms with E-state index in [1.807, 2.05) is 18.5 Å². The largest absolute Gasteiger partial charge is 0.342 e. The van der Waals surface area contributed by atoms with Crippen molar-refractivity contribution in [2.75, 3.05) is 26.2 Å². The molecule has 3 fully saturated rings. The first-order valence-corrected chi connectivity index (χ1v) is 11.2. The van der Waals surface area contributed by atoms with Gasteiger partial charge in [-0.3, -0.25) is 9.69 Å². The molecule has 1 saturated carbocycles. The molecule has 0 N–H and O–H groups in total. The molecule has 1 aromatic heterocycles. The summed E-state index contributed by atoms with van der Waals surface area (Å²) in [5.41, 5.74) is 1.26. The Morgan fingerprint density at radius 1 is 1.27 bits per heavy atom. The van der Waals surface area contributed by atoms with E-state index >= 15 is 0 Å². The highest BCUT2D eigenvalue weighted by Gasteiger charge is 2.58. The normalized spacial score (nSPS) is 27.1. The van der Waals surface area contributed by atoms with Gasteiger partial charge in [-0.05, 0) is 45.1 Å². The molecule has 3 heterocycles. The van der Waals surface area contributed by atoms with Gasteiger partial charge in [0.1, 0.15) is 5.82 Å². The van der Waals surface area contributed by atoms with Gasteiger partial charge in [0.05, 0.1) is 17.4 Å². The maximum absolute atomic E-state index is 14.3. The van der Waals surface area contributed by atoms with Crippen molar-refractivity contribution < 1.29 is 9.18 Å². The van der Waals surface area contributed by atoms with Crippen LogP contribution < -0.4 is 0 Å². The lowest BCUT2D eigenvalue weighted by atomic mass is 9.75. The number of halogens is 1. The van der Waals surface area contributed by atoms with E-state index in [-0.39, 0.29) is 17.6 Å². The summed E-state index contributed by atoms with van der Waals surface area (Å²) in [4.78, 5) is 22.7. The molecule has 2 aliphatic heterocycles. The number of rotatable bonds is 6. The summed E-state index contributed by atoms with van der Waals surface area (Å²) >= 11 is 0. The molecule has 1 amide bonds. The summed E-state index contributed by atoms with van der Waals surface area (Å²) in [5.74, 6) is 0.862. The molecule has 1 spiro atoms. The Balaban J connectivity index is 1.44. The quantitative estimate of drug-likeness (QED) is 0.727. The lowest BCUT2D eigenvalue weighted by Crippen LogP contribution is -2.40. The summed E-state index contributed by atoms with van der Waals surface area (Å²) in [5, 5.41) is 0. The second kappa shape index (κ2) is 7.49. The minimum absolute atomic E-state index is 0.0565. The first-order valence-electron chi connectivity index (χ1n) is 11.2. The predicted octanol–water partition coefficient (Wildman–Crippen LogP) is 3.83. The van der Waals surface area contributed by atoms with Crippen molar-refractivity contribution in [3.63, 3.8) is 0 Å². The lowest BCUT2D eigenvalue weighted by molar-refractivity contribution is -0.136. The molecule has 0 bridgehead atoms. The van der Waals surface area contributed by atoms with Crippen molar-refractivity contribution in [2.24, 2.45) is 11.3 Å². The second-order valence-corrected chi connectivity index (χ2v) is 9.75. The van der Waals surface area contributed by atoms with Crippen molar-refractivity contribution in [3.8, 4) is 0 Å². The Hall–Kier alpha value is -2.21. The number of aromatic nitrogens is 2. The Kier molecular flexibility index (Phi) is 4.92. The molecule has 2 saturated heterocycles. The highest BCUT2D eigenvalue weighted by molar-refractivity contribution is 5.87. The van der Waals surface area contributed by atoms with Crippen LogP contribution in [0.25, 0.3) is 0 Å².